The molecule has 2 aromatic rings. The molecule has 0 fully saturated rings. The van der Waals surface area contributed by atoms with E-state index in [2.05, 4.69) is 24.3 Å². The molecule has 0 heterocycles. The Bertz CT molecular complexity index is 609. The topological polar surface area (TPSA) is 26.0 Å². The van der Waals surface area contributed by atoms with Gasteiger partial charge in [-0.3, -0.25) is 0 Å². The molecular formula is C16H15Cl2N. The van der Waals surface area contributed by atoms with Gasteiger partial charge < -0.3 is 5.73 Å². The molecule has 19 heavy (non-hydrogen) atoms. The minimum absolute atomic E-state index is 0.203. The van der Waals surface area contributed by atoms with Crippen LogP contribution in [0.15, 0.2) is 42.5 Å². The van der Waals surface area contributed by atoms with Crippen molar-refractivity contribution in [3.63, 3.8) is 0 Å². The van der Waals surface area contributed by atoms with Crippen molar-refractivity contribution >= 4 is 23.2 Å². The van der Waals surface area contributed by atoms with Gasteiger partial charge in [-0.2, -0.15) is 0 Å². The molecule has 1 nitrogen and oxygen atoms in total. The number of hydrogen-bond donors (Lipinski definition) is 1. The minimum Gasteiger partial charge on any atom is -0.327 e. The van der Waals surface area contributed by atoms with E-state index in [1.165, 1.54) is 16.7 Å². The molecule has 0 bridgehead atoms. The smallest absolute Gasteiger partial charge is 0.0595 e. The maximum Gasteiger partial charge on any atom is 0.0595 e. The third-order valence-electron chi connectivity index (χ3n) is 3.80. The number of fused-ring (bicyclic) bond motifs is 1. The third-order valence-corrected chi connectivity index (χ3v) is 4.54. The normalized spacial score (nSPS) is 22.1. The highest BCUT2D eigenvalue weighted by Crippen LogP contribution is 2.38. The maximum atomic E-state index is 6.19. The molecule has 0 aromatic heterocycles. The van der Waals surface area contributed by atoms with Gasteiger partial charge in [0.25, 0.3) is 0 Å². The molecule has 0 unspecified atom stereocenters. The fourth-order valence-electron chi connectivity index (χ4n) is 2.90. The lowest BCUT2D eigenvalue weighted by molar-refractivity contribution is 0.531. The molecule has 0 saturated heterocycles. The van der Waals surface area contributed by atoms with Gasteiger partial charge in [0.05, 0.1) is 10.0 Å². The van der Waals surface area contributed by atoms with Crippen LogP contribution < -0.4 is 5.73 Å². The van der Waals surface area contributed by atoms with Gasteiger partial charge in [-0.1, -0.05) is 53.5 Å². The van der Waals surface area contributed by atoms with Crippen molar-refractivity contribution < 1.29 is 0 Å². The number of hydrogen-bond acceptors (Lipinski definition) is 1. The van der Waals surface area contributed by atoms with Crippen LogP contribution in [0.3, 0.4) is 0 Å². The number of nitrogens with two attached hydrogens (primary N) is 1. The fraction of sp³-hybridized carbons (Fsp3) is 0.250. The molecule has 3 rings (SSSR count). The molecular weight excluding hydrogens is 277 g/mol. The van der Waals surface area contributed by atoms with Crippen molar-refractivity contribution in [3.8, 4) is 0 Å². The summed E-state index contributed by atoms with van der Waals surface area (Å²) in [6.45, 7) is 0. The lowest BCUT2D eigenvalue weighted by atomic mass is 9.77. The van der Waals surface area contributed by atoms with Gasteiger partial charge in [0.1, 0.15) is 0 Å². The molecule has 0 amide bonds. The highest BCUT2D eigenvalue weighted by Gasteiger charge is 2.26. The van der Waals surface area contributed by atoms with Gasteiger partial charge >= 0.3 is 0 Å². The summed E-state index contributed by atoms with van der Waals surface area (Å²) in [4.78, 5) is 0. The largest absolute Gasteiger partial charge is 0.327 e. The SMILES string of the molecule is N[C@H]1Cc2ccccc2[C@H](c2ccc(Cl)c(Cl)c2)C1. The summed E-state index contributed by atoms with van der Waals surface area (Å²) in [5.41, 5.74) is 10.1. The van der Waals surface area contributed by atoms with Crippen LogP contribution in [0.25, 0.3) is 0 Å². The first-order valence-electron chi connectivity index (χ1n) is 6.43. The Balaban J connectivity index is 2.07. The van der Waals surface area contributed by atoms with Crippen molar-refractivity contribution in [2.24, 2.45) is 5.73 Å². The molecule has 2 N–H and O–H groups in total. The third kappa shape index (κ3) is 2.51. The van der Waals surface area contributed by atoms with Crippen LogP contribution in [0.1, 0.15) is 29.0 Å². The van der Waals surface area contributed by atoms with E-state index in [9.17, 15) is 0 Å². The molecule has 0 saturated carbocycles. The van der Waals surface area contributed by atoms with E-state index in [4.69, 9.17) is 28.9 Å². The number of rotatable bonds is 1. The van der Waals surface area contributed by atoms with E-state index in [0.29, 0.717) is 16.0 Å². The monoisotopic (exact) mass is 291 g/mol. The average Bonchev–Trinajstić information content (AvgIpc) is 2.41. The van der Waals surface area contributed by atoms with Gasteiger partial charge in [0, 0.05) is 12.0 Å². The van der Waals surface area contributed by atoms with Gasteiger partial charge in [0.15, 0.2) is 0 Å². The zero-order valence-corrected chi connectivity index (χ0v) is 12.0. The molecule has 1 aliphatic carbocycles. The minimum atomic E-state index is 0.203. The van der Waals surface area contributed by atoms with Crippen molar-refractivity contribution in [2.45, 2.75) is 24.8 Å². The Morgan fingerprint density at radius 3 is 2.58 bits per heavy atom. The van der Waals surface area contributed by atoms with Crippen LogP contribution in [0, 0.1) is 0 Å². The zero-order chi connectivity index (χ0) is 13.4. The predicted octanol–water partition coefficient (Wildman–Crippen LogP) is 4.40. The van der Waals surface area contributed by atoms with E-state index in [-0.39, 0.29) is 6.04 Å². The Morgan fingerprint density at radius 2 is 1.79 bits per heavy atom. The van der Waals surface area contributed by atoms with Crippen LogP contribution in [0.2, 0.25) is 10.0 Å². The molecule has 0 spiro atoms. The van der Waals surface area contributed by atoms with Gasteiger partial charge in [-0.25, -0.2) is 0 Å². The van der Waals surface area contributed by atoms with E-state index < -0.39 is 0 Å². The molecule has 3 heteroatoms. The first-order chi connectivity index (χ1) is 9.15. The van der Waals surface area contributed by atoms with Crippen LogP contribution in [0.4, 0.5) is 0 Å². The van der Waals surface area contributed by atoms with Gasteiger partial charge in [-0.15, -0.1) is 0 Å². The quantitative estimate of drug-likeness (QED) is 0.828. The first kappa shape index (κ1) is 13.0. The van der Waals surface area contributed by atoms with Gasteiger partial charge in [0.2, 0.25) is 0 Å². The summed E-state index contributed by atoms with van der Waals surface area (Å²) in [6.07, 6.45) is 1.91. The Labute approximate surface area is 123 Å². The maximum absolute atomic E-state index is 6.19. The lowest BCUT2D eigenvalue weighted by Crippen LogP contribution is -2.30. The van der Waals surface area contributed by atoms with Crippen LogP contribution in [-0.2, 0) is 6.42 Å². The van der Waals surface area contributed by atoms with Crippen molar-refractivity contribution in [2.75, 3.05) is 0 Å². The summed E-state index contributed by atoms with van der Waals surface area (Å²) in [7, 11) is 0. The average molecular weight is 292 g/mol. The molecule has 0 aliphatic heterocycles. The van der Waals surface area contributed by atoms with Crippen molar-refractivity contribution in [1.82, 2.24) is 0 Å². The van der Waals surface area contributed by atoms with Crippen LogP contribution >= 0.6 is 23.2 Å². The summed E-state index contributed by atoms with van der Waals surface area (Å²) < 4.78 is 0. The van der Waals surface area contributed by atoms with Crippen LogP contribution in [0.5, 0.6) is 0 Å². The van der Waals surface area contributed by atoms with Gasteiger partial charge in [-0.05, 0) is 41.7 Å². The van der Waals surface area contributed by atoms with Crippen molar-refractivity contribution in [3.05, 3.63) is 69.2 Å². The molecule has 1 aliphatic rings. The molecule has 2 aromatic carbocycles. The second-order valence-corrected chi connectivity index (χ2v) is 5.94. The van der Waals surface area contributed by atoms with Crippen LogP contribution in [-0.4, -0.2) is 6.04 Å². The Morgan fingerprint density at radius 1 is 1.00 bits per heavy atom. The number of halogens is 2. The predicted molar refractivity (Wildman–Crippen MR) is 81.0 cm³/mol. The number of benzene rings is 2. The first-order valence-corrected chi connectivity index (χ1v) is 7.19. The lowest BCUT2D eigenvalue weighted by Gasteiger charge is -2.30. The Hall–Kier alpha value is -1.02. The summed E-state index contributed by atoms with van der Waals surface area (Å²) in [5.74, 6) is 0.315. The Kier molecular flexibility index (Phi) is 3.53. The highest BCUT2D eigenvalue weighted by atomic mass is 35.5. The molecule has 2 atom stereocenters. The zero-order valence-electron chi connectivity index (χ0n) is 10.4. The van der Waals surface area contributed by atoms with E-state index in [1.54, 1.807) is 0 Å². The standard InChI is InChI=1S/C16H15Cl2N/c17-15-6-5-11(8-16(15)18)14-9-12(19)7-10-3-1-2-4-13(10)14/h1-6,8,12,14H,7,9,19H2/t12-,14-/m0/s1. The highest BCUT2D eigenvalue weighted by molar-refractivity contribution is 6.42. The van der Waals surface area contributed by atoms with E-state index in [0.717, 1.165) is 12.8 Å². The molecule has 0 radical (unpaired) electrons. The van der Waals surface area contributed by atoms with E-state index >= 15 is 0 Å². The fourth-order valence-corrected chi connectivity index (χ4v) is 3.21. The summed E-state index contributed by atoms with van der Waals surface area (Å²) >= 11 is 12.1. The second kappa shape index (κ2) is 5.16. The summed E-state index contributed by atoms with van der Waals surface area (Å²) in [5, 5.41) is 1.20. The van der Waals surface area contributed by atoms with E-state index in [1.807, 2.05) is 18.2 Å². The summed E-state index contributed by atoms with van der Waals surface area (Å²) in [6, 6.07) is 14.6. The van der Waals surface area contributed by atoms with Crippen molar-refractivity contribution in [1.29, 1.82) is 0 Å². The second-order valence-electron chi connectivity index (χ2n) is 5.12. The molecule has 98 valence electrons.